The number of nitrogens with one attached hydrogen (secondary N) is 1. The van der Waals surface area contributed by atoms with Gasteiger partial charge in [-0.15, -0.1) is 22.7 Å². The maximum absolute atomic E-state index is 13.1. The number of thiophene rings is 1. The molecule has 5 rings (SSSR count). The molecule has 3 aromatic rings. The van der Waals surface area contributed by atoms with Crippen molar-refractivity contribution in [3.05, 3.63) is 40.0 Å². The van der Waals surface area contributed by atoms with E-state index in [1.165, 1.54) is 21.7 Å². The van der Waals surface area contributed by atoms with Crippen molar-refractivity contribution in [2.24, 2.45) is 0 Å². The summed E-state index contributed by atoms with van der Waals surface area (Å²) >= 11 is 8.21. The second-order valence-electron chi connectivity index (χ2n) is 7.57. The smallest absolute Gasteiger partial charge is 0.253 e. The van der Waals surface area contributed by atoms with E-state index >= 15 is 0 Å². The largest absolute Gasteiger partial charge is 0.486 e. The van der Waals surface area contributed by atoms with Gasteiger partial charge in [0, 0.05) is 17.5 Å². The second-order valence-corrected chi connectivity index (χ2v) is 12.3. The van der Waals surface area contributed by atoms with Crippen molar-refractivity contribution >= 4 is 55.3 Å². The van der Waals surface area contributed by atoms with E-state index in [1.54, 1.807) is 6.07 Å². The van der Waals surface area contributed by atoms with Crippen molar-refractivity contribution in [3.8, 4) is 22.8 Å². The number of anilines is 1. The van der Waals surface area contributed by atoms with Gasteiger partial charge in [-0.25, -0.2) is 13.4 Å². The van der Waals surface area contributed by atoms with Crippen LogP contribution >= 0.6 is 34.3 Å². The number of hydrogen-bond donors (Lipinski definition) is 1. The molecule has 1 amide bonds. The number of carbonyl (C=O) groups excluding carboxylic acids is 1. The third-order valence-corrected chi connectivity index (χ3v) is 9.80. The number of ether oxygens (including phenoxy) is 2. The molecule has 0 spiro atoms. The summed E-state index contributed by atoms with van der Waals surface area (Å²) in [7, 11) is -3.81. The Bertz CT molecular complexity index is 1290. The molecule has 1 atom stereocenters. The van der Waals surface area contributed by atoms with Gasteiger partial charge in [-0.1, -0.05) is 18.0 Å². The van der Waals surface area contributed by atoms with E-state index in [0.717, 1.165) is 23.3 Å². The molecule has 4 heterocycles. The van der Waals surface area contributed by atoms with Crippen molar-refractivity contribution in [2.75, 3.05) is 25.1 Å². The fourth-order valence-corrected chi connectivity index (χ4v) is 7.85. The van der Waals surface area contributed by atoms with E-state index in [9.17, 15) is 13.2 Å². The van der Waals surface area contributed by atoms with Crippen LogP contribution in [0.1, 0.15) is 19.3 Å². The molecular formula is C21H20ClN3O5S3. The van der Waals surface area contributed by atoms with Gasteiger partial charge in [-0.05, 0) is 43.2 Å². The first-order valence-electron chi connectivity index (χ1n) is 10.4. The lowest BCUT2D eigenvalue weighted by Gasteiger charge is -2.32. The van der Waals surface area contributed by atoms with Crippen LogP contribution in [0.25, 0.3) is 11.3 Å². The number of thiazole rings is 1. The highest BCUT2D eigenvalue weighted by molar-refractivity contribution is 7.91. The van der Waals surface area contributed by atoms with Crippen LogP contribution in [0.5, 0.6) is 11.5 Å². The molecule has 174 valence electrons. The number of rotatable bonds is 5. The standard InChI is InChI=1S/C21H20ClN3O5S3/c22-18-6-7-19(32-18)33(27,28)25-8-2-1-3-15(25)20(26)24-21-23-14(12-31-21)13-4-5-16-17(11-13)30-10-9-29-16/h4-7,11-12,15H,1-3,8-10H2,(H,23,24,26). The topological polar surface area (TPSA) is 97.8 Å². The molecule has 0 bridgehead atoms. The summed E-state index contributed by atoms with van der Waals surface area (Å²) < 4.78 is 39.3. The van der Waals surface area contributed by atoms with Crippen LogP contribution in [-0.4, -0.2) is 49.4 Å². The Hall–Kier alpha value is -2.18. The van der Waals surface area contributed by atoms with Gasteiger partial charge in [0.05, 0.1) is 10.0 Å². The summed E-state index contributed by atoms with van der Waals surface area (Å²) in [4.78, 5) is 17.6. The van der Waals surface area contributed by atoms with E-state index < -0.39 is 16.1 Å². The van der Waals surface area contributed by atoms with E-state index in [-0.39, 0.29) is 16.7 Å². The zero-order valence-electron chi connectivity index (χ0n) is 17.3. The van der Waals surface area contributed by atoms with Crippen LogP contribution in [0, 0.1) is 0 Å². The number of aromatic nitrogens is 1. The summed E-state index contributed by atoms with van der Waals surface area (Å²) in [6.07, 6.45) is 1.92. The molecule has 33 heavy (non-hydrogen) atoms. The van der Waals surface area contributed by atoms with Gasteiger partial charge < -0.3 is 14.8 Å². The number of piperidine rings is 1. The number of sulfonamides is 1. The Kier molecular flexibility index (Phi) is 6.32. The van der Waals surface area contributed by atoms with Crippen LogP contribution in [0.2, 0.25) is 4.34 Å². The number of hydrogen-bond acceptors (Lipinski definition) is 8. The maximum Gasteiger partial charge on any atom is 0.253 e. The van der Waals surface area contributed by atoms with Gasteiger partial charge in [-0.3, -0.25) is 4.79 Å². The van der Waals surface area contributed by atoms with Gasteiger partial charge in [0.2, 0.25) is 5.91 Å². The first-order valence-corrected chi connectivity index (χ1v) is 13.9. The second kappa shape index (κ2) is 9.22. The molecule has 12 heteroatoms. The molecule has 2 aromatic heterocycles. The summed E-state index contributed by atoms with van der Waals surface area (Å²) in [5.74, 6) is 0.970. The van der Waals surface area contributed by atoms with E-state index in [0.29, 0.717) is 52.7 Å². The van der Waals surface area contributed by atoms with Crippen LogP contribution in [0.4, 0.5) is 5.13 Å². The highest BCUT2D eigenvalue weighted by atomic mass is 35.5. The van der Waals surface area contributed by atoms with Gasteiger partial charge in [-0.2, -0.15) is 4.31 Å². The molecule has 2 aliphatic heterocycles. The summed E-state index contributed by atoms with van der Waals surface area (Å²) in [6.45, 7) is 1.30. The van der Waals surface area contributed by atoms with Gasteiger partial charge in [0.25, 0.3) is 10.0 Å². The van der Waals surface area contributed by atoms with Crippen molar-refractivity contribution in [3.63, 3.8) is 0 Å². The number of benzene rings is 1. The van der Waals surface area contributed by atoms with Crippen molar-refractivity contribution in [1.82, 2.24) is 9.29 Å². The summed E-state index contributed by atoms with van der Waals surface area (Å²) in [5, 5.41) is 5.05. The molecule has 2 aliphatic rings. The lowest BCUT2D eigenvalue weighted by molar-refractivity contribution is -0.120. The first-order chi connectivity index (χ1) is 15.9. The fourth-order valence-electron chi connectivity index (χ4n) is 3.86. The highest BCUT2D eigenvalue weighted by Gasteiger charge is 2.38. The molecule has 1 unspecified atom stereocenters. The predicted molar refractivity (Wildman–Crippen MR) is 128 cm³/mol. The normalized spacial score (nSPS) is 18.8. The average molecular weight is 526 g/mol. The van der Waals surface area contributed by atoms with Gasteiger partial charge in [0.1, 0.15) is 23.5 Å². The van der Waals surface area contributed by atoms with Crippen LogP contribution in [0.3, 0.4) is 0 Å². The molecule has 1 N–H and O–H groups in total. The molecule has 1 saturated heterocycles. The quantitative estimate of drug-likeness (QED) is 0.527. The SMILES string of the molecule is O=C(Nc1nc(-c2ccc3c(c2)OCCO3)cs1)C1CCCCN1S(=O)(=O)c1ccc(Cl)s1. The zero-order chi connectivity index (χ0) is 23.0. The molecule has 8 nitrogen and oxygen atoms in total. The Morgan fingerprint density at radius 2 is 1.97 bits per heavy atom. The fraction of sp³-hybridized carbons (Fsp3) is 0.333. The van der Waals surface area contributed by atoms with Crippen LogP contribution < -0.4 is 14.8 Å². The first kappa shape index (κ1) is 22.6. The van der Waals surface area contributed by atoms with E-state index in [1.807, 2.05) is 23.6 Å². The number of halogens is 1. The molecule has 0 aliphatic carbocycles. The number of nitrogens with zero attached hydrogens (tertiary/aromatic N) is 2. The van der Waals surface area contributed by atoms with Crippen molar-refractivity contribution in [1.29, 1.82) is 0 Å². The summed E-state index contributed by atoms with van der Waals surface area (Å²) in [5.41, 5.74) is 1.53. The lowest BCUT2D eigenvalue weighted by atomic mass is 10.0. The average Bonchev–Trinajstić information content (AvgIpc) is 3.48. The third-order valence-electron chi connectivity index (χ3n) is 5.44. The van der Waals surface area contributed by atoms with Gasteiger partial charge >= 0.3 is 0 Å². The highest BCUT2D eigenvalue weighted by Crippen LogP contribution is 2.36. The predicted octanol–water partition coefficient (Wildman–Crippen LogP) is 4.48. The molecule has 1 fully saturated rings. The maximum atomic E-state index is 13.1. The van der Waals surface area contributed by atoms with Crippen LogP contribution in [0.15, 0.2) is 39.9 Å². The minimum Gasteiger partial charge on any atom is -0.486 e. The number of carbonyl (C=O) groups is 1. The van der Waals surface area contributed by atoms with Crippen LogP contribution in [-0.2, 0) is 14.8 Å². The monoisotopic (exact) mass is 525 g/mol. The minimum absolute atomic E-state index is 0.141. The minimum atomic E-state index is -3.81. The number of amides is 1. The van der Waals surface area contributed by atoms with Crippen molar-refractivity contribution in [2.45, 2.75) is 29.5 Å². The molecular weight excluding hydrogens is 506 g/mol. The lowest BCUT2D eigenvalue weighted by Crippen LogP contribution is -2.49. The Labute approximate surface area is 204 Å². The Morgan fingerprint density at radius 3 is 2.76 bits per heavy atom. The zero-order valence-corrected chi connectivity index (χ0v) is 20.5. The Morgan fingerprint density at radius 1 is 1.15 bits per heavy atom. The number of fused-ring (bicyclic) bond motifs is 1. The third kappa shape index (κ3) is 4.60. The van der Waals surface area contributed by atoms with E-state index in [2.05, 4.69) is 10.3 Å². The summed E-state index contributed by atoms with van der Waals surface area (Å²) in [6, 6.07) is 7.81. The van der Waals surface area contributed by atoms with Crippen molar-refractivity contribution < 1.29 is 22.7 Å². The van der Waals surface area contributed by atoms with Gasteiger partial charge in [0.15, 0.2) is 16.6 Å². The molecule has 0 saturated carbocycles. The molecule has 0 radical (unpaired) electrons. The molecule has 1 aromatic carbocycles. The van der Waals surface area contributed by atoms with E-state index in [4.69, 9.17) is 21.1 Å². The Balaban J connectivity index is 1.33.